The van der Waals surface area contributed by atoms with E-state index >= 15 is 0 Å². The monoisotopic (exact) mass is 302 g/mol. The number of anilines is 1. The van der Waals surface area contributed by atoms with Crippen molar-refractivity contribution in [2.45, 2.75) is 32.8 Å². The molecular weight excluding hydrogens is 280 g/mol. The molecule has 1 aromatic rings. The number of amides is 2. The van der Waals surface area contributed by atoms with Crippen LogP contribution in [0, 0.1) is 5.92 Å². The van der Waals surface area contributed by atoms with E-state index in [2.05, 4.69) is 6.92 Å². The molecule has 0 unspecified atom stereocenters. The van der Waals surface area contributed by atoms with Crippen molar-refractivity contribution in [1.29, 1.82) is 0 Å². The maximum Gasteiger partial charge on any atom is 0.268 e. The topological polar surface area (TPSA) is 49.9 Å². The molecule has 1 saturated heterocycles. The van der Waals surface area contributed by atoms with E-state index in [-0.39, 0.29) is 18.4 Å². The third kappa shape index (κ3) is 2.80. The zero-order valence-corrected chi connectivity index (χ0v) is 13.1. The highest BCUT2D eigenvalue weighted by atomic mass is 16.5. The molecule has 5 heteroatoms. The number of hydrogen-bond acceptors (Lipinski definition) is 3. The number of likely N-dealkylation sites (tertiary alicyclic amines) is 1. The Morgan fingerprint density at radius 1 is 1.32 bits per heavy atom. The highest BCUT2D eigenvalue weighted by Gasteiger charge is 2.33. The molecule has 0 aromatic heterocycles. The van der Waals surface area contributed by atoms with Gasteiger partial charge < -0.3 is 9.64 Å². The quantitative estimate of drug-likeness (QED) is 0.840. The van der Waals surface area contributed by atoms with Crippen LogP contribution in [0.1, 0.15) is 26.7 Å². The van der Waals surface area contributed by atoms with Crippen molar-refractivity contribution < 1.29 is 14.3 Å². The van der Waals surface area contributed by atoms with Crippen LogP contribution in [-0.4, -0.2) is 42.5 Å². The van der Waals surface area contributed by atoms with Crippen molar-refractivity contribution in [2.75, 3.05) is 24.5 Å². The lowest BCUT2D eigenvalue weighted by atomic mass is 10.0. The maximum absolute atomic E-state index is 12.6. The second kappa shape index (κ2) is 5.99. The molecule has 3 rings (SSSR count). The minimum absolute atomic E-state index is 0.0174. The Hall–Kier alpha value is -2.04. The van der Waals surface area contributed by atoms with Crippen molar-refractivity contribution in [3.8, 4) is 5.75 Å². The number of ether oxygens (including phenoxy) is 1. The first-order valence-electron chi connectivity index (χ1n) is 7.91. The Bertz CT molecular complexity index is 587. The van der Waals surface area contributed by atoms with E-state index < -0.39 is 6.10 Å². The van der Waals surface area contributed by atoms with Gasteiger partial charge in [-0.05, 0) is 37.8 Å². The molecule has 0 radical (unpaired) electrons. The van der Waals surface area contributed by atoms with Crippen LogP contribution in [0.4, 0.5) is 5.69 Å². The van der Waals surface area contributed by atoms with E-state index in [1.54, 1.807) is 11.8 Å². The minimum Gasteiger partial charge on any atom is -0.479 e. The summed E-state index contributed by atoms with van der Waals surface area (Å²) in [4.78, 5) is 28.4. The Morgan fingerprint density at radius 2 is 2.09 bits per heavy atom. The predicted molar refractivity (Wildman–Crippen MR) is 83.9 cm³/mol. The molecule has 2 aliphatic rings. The van der Waals surface area contributed by atoms with Gasteiger partial charge in [0.05, 0.1) is 5.69 Å². The second-order valence-corrected chi connectivity index (χ2v) is 6.24. The first-order valence-corrected chi connectivity index (χ1v) is 7.91. The normalized spacial score (nSPS) is 24.7. The van der Waals surface area contributed by atoms with E-state index in [0.717, 1.165) is 19.5 Å². The van der Waals surface area contributed by atoms with Gasteiger partial charge in [-0.2, -0.15) is 0 Å². The van der Waals surface area contributed by atoms with E-state index in [0.29, 0.717) is 17.4 Å². The van der Waals surface area contributed by atoms with Crippen LogP contribution >= 0.6 is 0 Å². The third-order valence-electron chi connectivity index (χ3n) is 4.38. The van der Waals surface area contributed by atoms with Crippen molar-refractivity contribution >= 4 is 17.5 Å². The smallest absolute Gasteiger partial charge is 0.268 e. The number of carbonyl (C=O) groups is 2. The number of hydrogen-bond donors (Lipinski definition) is 0. The molecule has 2 aliphatic heterocycles. The second-order valence-electron chi connectivity index (χ2n) is 6.24. The number of para-hydroxylation sites is 2. The molecule has 1 fully saturated rings. The van der Waals surface area contributed by atoms with Crippen LogP contribution in [0.2, 0.25) is 0 Å². The summed E-state index contributed by atoms with van der Waals surface area (Å²) < 4.78 is 5.60. The lowest BCUT2D eigenvalue weighted by Crippen LogP contribution is -2.51. The summed E-state index contributed by atoms with van der Waals surface area (Å²) in [6.07, 6.45) is 1.65. The van der Waals surface area contributed by atoms with Crippen molar-refractivity contribution in [1.82, 2.24) is 4.90 Å². The molecule has 0 spiro atoms. The van der Waals surface area contributed by atoms with Crippen LogP contribution in [0.15, 0.2) is 24.3 Å². The predicted octanol–water partition coefficient (Wildman–Crippen LogP) is 2.06. The molecule has 1 aromatic carbocycles. The van der Waals surface area contributed by atoms with Crippen LogP contribution in [0.25, 0.3) is 0 Å². The number of benzene rings is 1. The van der Waals surface area contributed by atoms with Gasteiger partial charge in [0.2, 0.25) is 5.91 Å². The Labute approximate surface area is 130 Å². The Kier molecular flexibility index (Phi) is 4.05. The molecule has 0 bridgehead atoms. The summed E-state index contributed by atoms with van der Waals surface area (Å²) in [5.74, 6) is 1.06. The van der Waals surface area contributed by atoms with Crippen molar-refractivity contribution in [3.05, 3.63) is 24.3 Å². The highest BCUT2D eigenvalue weighted by Crippen LogP contribution is 2.33. The lowest BCUT2D eigenvalue weighted by molar-refractivity contribution is -0.134. The summed E-state index contributed by atoms with van der Waals surface area (Å²) in [5.41, 5.74) is 0.684. The van der Waals surface area contributed by atoms with Gasteiger partial charge in [0.1, 0.15) is 12.3 Å². The molecule has 0 saturated carbocycles. The zero-order chi connectivity index (χ0) is 15.7. The molecule has 118 valence electrons. The van der Waals surface area contributed by atoms with Crippen LogP contribution < -0.4 is 9.64 Å². The van der Waals surface area contributed by atoms with Gasteiger partial charge in [0.25, 0.3) is 5.91 Å². The van der Waals surface area contributed by atoms with Gasteiger partial charge in [-0.25, -0.2) is 0 Å². The average Bonchev–Trinajstić information content (AvgIpc) is 2.51. The molecule has 2 atom stereocenters. The first-order chi connectivity index (χ1) is 10.6. The number of carbonyl (C=O) groups excluding carboxylic acids is 2. The number of rotatable bonds is 2. The van der Waals surface area contributed by atoms with Gasteiger partial charge in [-0.3, -0.25) is 14.5 Å². The summed E-state index contributed by atoms with van der Waals surface area (Å²) in [5, 5.41) is 0. The number of piperidine rings is 1. The van der Waals surface area contributed by atoms with Crippen molar-refractivity contribution in [3.63, 3.8) is 0 Å². The minimum atomic E-state index is -0.553. The molecule has 2 amide bonds. The average molecular weight is 302 g/mol. The SMILES string of the molecule is C[C@H]1CCCN(C(=O)CN2C(=O)[C@@H](C)Oc3ccccc32)C1. The number of nitrogens with zero attached hydrogens (tertiary/aromatic N) is 2. The van der Waals surface area contributed by atoms with Crippen LogP contribution in [0.3, 0.4) is 0 Å². The van der Waals surface area contributed by atoms with Gasteiger partial charge >= 0.3 is 0 Å². The fourth-order valence-corrected chi connectivity index (χ4v) is 3.17. The molecule has 22 heavy (non-hydrogen) atoms. The van der Waals surface area contributed by atoms with Gasteiger partial charge in [0.15, 0.2) is 6.10 Å². The summed E-state index contributed by atoms with van der Waals surface area (Å²) in [6, 6.07) is 7.38. The summed E-state index contributed by atoms with van der Waals surface area (Å²) >= 11 is 0. The maximum atomic E-state index is 12.6. The lowest BCUT2D eigenvalue weighted by Gasteiger charge is -2.36. The van der Waals surface area contributed by atoms with E-state index in [1.807, 2.05) is 29.2 Å². The highest BCUT2D eigenvalue weighted by molar-refractivity contribution is 6.03. The molecule has 2 heterocycles. The molecule has 0 N–H and O–H groups in total. The third-order valence-corrected chi connectivity index (χ3v) is 4.38. The number of fused-ring (bicyclic) bond motifs is 1. The molecule has 5 nitrogen and oxygen atoms in total. The van der Waals surface area contributed by atoms with Crippen LogP contribution in [-0.2, 0) is 9.59 Å². The summed E-state index contributed by atoms with van der Waals surface area (Å²) in [7, 11) is 0. The largest absolute Gasteiger partial charge is 0.479 e. The zero-order valence-electron chi connectivity index (χ0n) is 13.1. The fourth-order valence-electron chi connectivity index (χ4n) is 3.17. The summed E-state index contributed by atoms with van der Waals surface area (Å²) in [6.45, 7) is 5.55. The van der Waals surface area contributed by atoms with E-state index in [1.165, 1.54) is 6.42 Å². The van der Waals surface area contributed by atoms with E-state index in [4.69, 9.17) is 4.74 Å². The fraction of sp³-hybridized carbons (Fsp3) is 0.529. The standard InChI is InChI=1S/C17H22N2O3/c1-12-6-5-9-18(10-12)16(20)11-19-14-7-3-4-8-15(14)22-13(2)17(19)21/h3-4,7-8,12-13H,5-6,9-11H2,1-2H3/t12-,13+/m0/s1. The molecular formula is C17H22N2O3. The van der Waals surface area contributed by atoms with Crippen molar-refractivity contribution in [2.24, 2.45) is 5.92 Å². The first kappa shape index (κ1) is 14.9. The van der Waals surface area contributed by atoms with Gasteiger partial charge in [0, 0.05) is 13.1 Å². The van der Waals surface area contributed by atoms with Crippen LogP contribution in [0.5, 0.6) is 5.75 Å². The van der Waals surface area contributed by atoms with E-state index in [9.17, 15) is 9.59 Å². The molecule has 0 aliphatic carbocycles. The Balaban J connectivity index is 1.78. The Morgan fingerprint density at radius 3 is 2.86 bits per heavy atom. The van der Waals surface area contributed by atoms with Gasteiger partial charge in [-0.1, -0.05) is 19.1 Å². The van der Waals surface area contributed by atoms with Gasteiger partial charge in [-0.15, -0.1) is 0 Å².